The van der Waals surface area contributed by atoms with Crippen LogP contribution in [0.2, 0.25) is 5.02 Å². The van der Waals surface area contributed by atoms with Crippen molar-refractivity contribution in [3.63, 3.8) is 0 Å². The molecule has 1 aliphatic rings. The first-order chi connectivity index (χ1) is 12.1. The van der Waals surface area contributed by atoms with Gasteiger partial charge in [0.15, 0.2) is 0 Å². The maximum atomic E-state index is 10.4. The number of pyridine rings is 1. The number of H-pyrrole nitrogens is 1. The van der Waals surface area contributed by atoms with E-state index in [9.17, 15) is 5.11 Å². The first kappa shape index (κ1) is 16.5. The summed E-state index contributed by atoms with van der Waals surface area (Å²) >= 11 is 6.26. The van der Waals surface area contributed by atoms with E-state index >= 15 is 0 Å². The summed E-state index contributed by atoms with van der Waals surface area (Å²) in [6, 6.07) is 11.9. The highest BCUT2D eigenvalue weighted by molar-refractivity contribution is 6.35. The van der Waals surface area contributed by atoms with E-state index in [0.717, 1.165) is 41.0 Å². The van der Waals surface area contributed by atoms with Gasteiger partial charge < -0.3 is 5.11 Å². The van der Waals surface area contributed by atoms with E-state index in [0.29, 0.717) is 18.1 Å². The number of aromatic nitrogens is 3. The zero-order valence-electron chi connectivity index (χ0n) is 14.1. The van der Waals surface area contributed by atoms with E-state index in [1.165, 1.54) is 0 Å². The van der Waals surface area contributed by atoms with Gasteiger partial charge in [-0.05, 0) is 31.5 Å². The average molecular weight is 357 g/mol. The number of aryl methyl sites for hydroxylation is 1. The van der Waals surface area contributed by atoms with Crippen molar-refractivity contribution < 1.29 is 5.11 Å². The van der Waals surface area contributed by atoms with Crippen molar-refractivity contribution in [1.29, 1.82) is 0 Å². The monoisotopic (exact) mass is 356 g/mol. The van der Waals surface area contributed by atoms with Gasteiger partial charge in [-0.2, -0.15) is 5.10 Å². The lowest BCUT2D eigenvalue weighted by molar-refractivity contribution is 0.140. The van der Waals surface area contributed by atoms with Crippen LogP contribution in [0.15, 0.2) is 36.4 Å². The van der Waals surface area contributed by atoms with Crippen molar-refractivity contribution in [2.45, 2.75) is 26.0 Å². The molecule has 2 N–H and O–H groups in total. The third-order valence-electron chi connectivity index (χ3n) is 4.83. The maximum absolute atomic E-state index is 10.4. The molecule has 0 amide bonds. The number of hydrogen-bond donors (Lipinski definition) is 2. The minimum absolute atomic E-state index is 0.201. The van der Waals surface area contributed by atoms with Crippen molar-refractivity contribution in [1.82, 2.24) is 20.1 Å². The third-order valence-corrected chi connectivity index (χ3v) is 5.13. The Hall–Kier alpha value is -1.95. The average Bonchev–Trinajstić information content (AvgIpc) is 3.14. The lowest BCUT2D eigenvalue weighted by atomic mass is 10.0. The van der Waals surface area contributed by atoms with Gasteiger partial charge in [0.05, 0.1) is 28.0 Å². The molecule has 1 saturated heterocycles. The van der Waals surface area contributed by atoms with E-state index in [-0.39, 0.29) is 12.0 Å². The van der Waals surface area contributed by atoms with Crippen molar-refractivity contribution in [3.05, 3.63) is 58.5 Å². The number of likely N-dealkylation sites (tertiary alicyclic amines) is 1. The minimum atomic E-state index is -0.332. The quantitative estimate of drug-likeness (QED) is 0.754. The molecule has 25 heavy (non-hydrogen) atoms. The fourth-order valence-corrected chi connectivity index (χ4v) is 3.81. The molecule has 0 bridgehead atoms. The summed E-state index contributed by atoms with van der Waals surface area (Å²) in [6.07, 6.45) is 0.458. The van der Waals surface area contributed by atoms with Gasteiger partial charge in [-0.1, -0.05) is 29.8 Å². The van der Waals surface area contributed by atoms with E-state index in [1.807, 2.05) is 37.3 Å². The van der Waals surface area contributed by atoms with E-state index in [2.05, 4.69) is 21.2 Å². The molecule has 2 aromatic heterocycles. The van der Waals surface area contributed by atoms with Crippen LogP contribution in [0.25, 0.3) is 10.9 Å². The summed E-state index contributed by atoms with van der Waals surface area (Å²) in [5.74, 6) is 0.201. The molecule has 0 spiro atoms. The molecular weight excluding hydrogens is 336 g/mol. The van der Waals surface area contributed by atoms with Gasteiger partial charge in [0, 0.05) is 36.6 Å². The molecule has 1 aliphatic heterocycles. The molecule has 6 heteroatoms. The number of halogens is 1. The van der Waals surface area contributed by atoms with Crippen LogP contribution in [-0.2, 0) is 13.0 Å². The Morgan fingerprint density at radius 2 is 2.12 bits per heavy atom. The molecule has 4 rings (SSSR count). The number of aromatic amines is 1. The number of hydrogen-bond acceptors (Lipinski definition) is 4. The van der Waals surface area contributed by atoms with Gasteiger partial charge in [-0.3, -0.25) is 10.00 Å². The number of benzene rings is 1. The number of β-amino-alcohol motifs (C(OH)–C–C–N with tert-alkyl or cyclic N) is 1. The fourth-order valence-electron chi connectivity index (χ4n) is 3.59. The molecule has 130 valence electrons. The number of rotatable bonds is 4. The van der Waals surface area contributed by atoms with Crippen molar-refractivity contribution in [2.75, 3.05) is 13.1 Å². The Balaban J connectivity index is 1.45. The summed E-state index contributed by atoms with van der Waals surface area (Å²) < 4.78 is 0. The molecule has 3 aromatic rings. The molecule has 0 saturated carbocycles. The summed E-state index contributed by atoms with van der Waals surface area (Å²) in [7, 11) is 0. The lowest BCUT2D eigenvalue weighted by Crippen LogP contribution is -2.22. The van der Waals surface area contributed by atoms with E-state index in [4.69, 9.17) is 16.6 Å². The predicted molar refractivity (Wildman–Crippen MR) is 98.6 cm³/mol. The van der Waals surface area contributed by atoms with E-state index in [1.54, 1.807) is 0 Å². The molecule has 1 aromatic carbocycles. The number of aliphatic hydroxyl groups is 1. The second kappa shape index (κ2) is 6.75. The number of aliphatic hydroxyl groups excluding tert-OH is 1. The van der Waals surface area contributed by atoms with E-state index < -0.39 is 0 Å². The van der Waals surface area contributed by atoms with Crippen LogP contribution in [0.5, 0.6) is 0 Å². The standard InChI is InChI=1S/C19H21ClN4O/c1-12-7-16(23-22-12)8-14-9-24(11-18(14)25)10-15-6-5-13-3-2-4-17(20)19(13)21-15/h2-7,14,18,25H,8-11H2,1H3,(H,22,23)/t14-,18+/m1/s1. The van der Waals surface area contributed by atoms with Crippen LogP contribution >= 0.6 is 11.6 Å². The molecule has 2 atom stereocenters. The number of nitrogens with one attached hydrogen (secondary N) is 1. The lowest BCUT2D eigenvalue weighted by Gasteiger charge is -2.15. The summed E-state index contributed by atoms with van der Waals surface area (Å²) in [6.45, 7) is 4.21. The van der Waals surface area contributed by atoms with Crippen LogP contribution in [0.3, 0.4) is 0 Å². The van der Waals surface area contributed by atoms with Crippen LogP contribution in [0.1, 0.15) is 17.1 Å². The molecular formula is C19H21ClN4O. The third kappa shape index (κ3) is 3.54. The van der Waals surface area contributed by atoms with Crippen LogP contribution in [-0.4, -0.2) is 44.4 Å². The van der Waals surface area contributed by atoms with Gasteiger partial charge in [0.25, 0.3) is 0 Å². The summed E-state index contributed by atoms with van der Waals surface area (Å²) in [5.41, 5.74) is 3.88. The van der Waals surface area contributed by atoms with Gasteiger partial charge in [-0.25, -0.2) is 4.98 Å². The van der Waals surface area contributed by atoms with Crippen LogP contribution in [0.4, 0.5) is 0 Å². The number of nitrogens with zero attached hydrogens (tertiary/aromatic N) is 3. The molecule has 0 aliphatic carbocycles. The molecule has 5 nitrogen and oxygen atoms in total. The maximum Gasteiger partial charge on any atom is 0.0891 e. The molecule has 1 fully saturated rings. The SMILES string of the molecule is Cc1cc(C[C@@H]2CN(Cc3ccc4cccc(Cl)c4n3)C[C@@H]2O)n[nH]1. The van der Waals surface area contributed by atoms with Crippen LogP contribution in [0, 0.1) is 12.8 Å². The van der Waals surface area contributed by atoms with Crippen molar-refractivity contribution in [2.24, 2.45) is 5.92 Å². The largest absolute Gasteiger partial charge is 0.391 e. The number of fused-ring (bicyclic) bond motifs is 1. The summed E-state index contributed by atoms with van der Waals surface area (Å²) in [5, 5.41) is 19.4. The van der Waals surface area contributed by atoms with Gasteiger partial charge in [-0.15, -0.1) is 0 Å². The molecule has 0 unspecified atom stereocenters. The summed E-state index contributed by atoms with van der Waals surface area (Å²) in [4.78, 5) is 6.95. The Kier molecular flexibility index (Phi) is 4.46. The smallest absolute Gasteiger partial charge is 0.0891 e. The Labute approximate surface area is 151 Å². The van der Waals surface area contributed by atoms with Crippen molar-refractivity contribution in [3.8, 4) is 0 Å². The first-order valence-electron chi connectivity index (χ1n) is 8.54. The fraction of sp³-hybridized carbons (Fsp3) is 0.368. The zero-order chi connectivity index (χ0) is 17.4. The predicted octanol–water partition coefficient (Wildman–Crippen LogP) is 2.96. The Morgan fingerprint density at radius 3 is 2.92 bits per heavy atom. The van der Waals surface area contributed by atoms with Gasteiger partial charge in [0.2, 0.25) is 0 Å². The van der Waals surface area contributed by atoms with Gasteiger partial charge >= 0.3 is 0 Å². The minimum Gasteiger partial charge on any atom is -0.391 e. The molecule has 3 heterocycles. The van der Waals surface area contributed by atoms with Crippen molar-refractivity contribution >= 4 is 22.5 Å². The Morgan fingerprint density at radius 1 is 1.24 bits per heavy atom. The van der Waals surface area contributed by atoms with Crippen LogP contribution < -0.4 is 0 Å². The highest BCUT2D eigenvalue weighted by Gasteiger charge is 2.32. The first-order valence-corrected chi connectivity index (χ1v) is 8.92. The Bertz CT molecular complexity index is 894. The topological polar surface area (TPSA) is 65.0 Å². The second-order valence-corrected chi connectivity index (χ2v) is 7.29. The number of para-hydroxylation sites is 1. The highest BCUT2D eigenvalue weighted by Crippen LogP contribution is 2.25. The molecule has 0 radical (unpaired) electrons. The normalized spacial score (nSPS) is 21.2. The zero-order valence-corrected chi connectivity index (χ0v) is 14.9. The highest BCUT2D eigenvalue weighted by atomic mass is 35.5. The second-order valence-electron chi connectivity index (χ2n) is 6.88. The van der Waals surface area contributed by atoms with Gasteiger partial charge in [0.1, 0.15) is 0 Å².